The van der Waals surface area contributed by atoms with Crippen LogP contribution in [0.25, 0.3) is 0 Å². The fourth-order valence-corrected chi connectivity index (χ4v) is 2.12. The Morgan fingerprint density at radius 3 is 1.90 bits per heavy atom. The molecule has 114 valence electrons. The lowest BCUT2D eigenvalue weighted by molar-refractivity contribution is -0.132. The first-order chi connectivity index (χ1) is 9.57. The quantitative estimate of drug-likeness (QED) is 0.280. The lowest BCUT2D eigenvalue weighted by Crippen LogP contribution is -2.08. The second-order valence-corrected chi connectivity index (χ2v) is 6.37. The second kappa shape index (κ2) is 9.17. The number of halogens is 3. The van der Waals surface area contributed by atoms with Gasteiger partial charge in [-0.15, -0.1) is 0 Å². The van der Waals surface area contributed by atoms with Crippen LogP contribution in [0.5, 0.6) is 5.75 Å². The van der Waals surface area contributed by atoms with E-state index in [0.29, 0.717) is 15.8 Å². The molecule has 1 aromatic rings. The SMILES string of the molecule is C=C(C)C(=O)O.C=C(C)C(=O)Oc1ccc(Br)c(Br)c1Br. The lowest BCUT2D eigenvalue weighted by Gasteiger charge is -2.08. The molecule has 0 aliphatic rings. The van der Waals surface area contributed by atoms with Gasteiger partial charge in [0.25, 0.3) is 0 Å². The number of aliphatic carboxylic acids is 1. The summed E-state index contributed by atoms with van der Waals surface area (Å²) < 4.78 is 7.47. The Kier molecular flexibility index (Phi) is 8.77. The minimum absolute atomic E-state index is 0.176. The van der Waals surface area contributed by atoms with E-state index in [4.69, 9.17) is 9.84 Å². The highest BCUT2D eigenvalue weighted by atomic mass is 79.9. The third-order valence-corrected chi connectivity index (χ3v) is 5.25. The van der Waals surface area contributed by atoms with Crippen molar-refractivity contribution < 1.29 is 19.4 Å². The molecule has 0 saturated heterocycles. The molecular formula is C14H13Br3O4. The first-order valence-corrected chi connectivity index (χ1v) is 7.85. The molecule has 0 aliphatic carbocycles. The molecule has 4 nitrogen and oxygen atoms in total. The summed E-state index contributed by atoms with van der Waals surface area (Å²) in [7, 11) is 0. The Balaban J connectivity index is 0.000000567. The minimum atomic E-state index is -0.935. The normalized spacial score (nSPS) is 9.19. The molecular weight excluding hydrogens is 472 g/mol. The molecule has 0 heterocycles. The van der Waals surface area contributed by atoms with Gasteiger partial charge in [-0.1, -0.05) is 13.2 Å². The zero-order chi connectivity index (χ0) is 16.7. The number of benzene rings is 1. The van der Waals surface area contributed by atoms with Crippen molar-refractivity contribution in [1.82, 2.24) is 0 Å². The zero-order valence-electron chi connectivity index (χ0n) is 11.4. The van der Waals surface area contributed by atoms with Gasteiger partial charge < -0.3 is 9.84 Å². The molecule has 1 N–H and O–H groups in total. The van der Waals surface area contributed by atoms with E-state index in [0.717, 1.165) is 8.95 Å². The van der Waals surface area contributed by atoms with Crippen LogP contribution < -0.4 is 4.74 Å². The minimum Gasteiger partial charge on any atom is -0.478 e. The summed E-state index contributed by atoms with van der Waals surface area (Å²) in [6.07, 6.45) is 0. The van der Waals surface area contributed by atoms with Crippen LogP contribution in [0.1, 0.15) is 13.8 Å². The van der Waals surface area contributed by atoms with Gasteiger partial charge in [0, 0.05) is 20.1 Å². The number of ether oxygens (including phenoxy) is 1. The van der Waals surface area contributed by atoms with E-state index in [-0.39, 0.29) is 5.57 Å². The number of carbonyl (C=O) groups is 2. The van der Waals surface area contributed by atoms with Gasteiger partial charge in [-0.25, -0.2) is 9.59 Å². The summed E-state index contributed by atoms with van der Waals surface area (Å²) in [5, 5.41) is 7.89. The molecule has 0 spiro atoms. The highest BCUT2D eigenvalue weighted by Gasteiger charge is 2.12. The summed E-state index contributed by atoms with van der Waals surface area (Å²) in [5.41, 5.74) is 0.538. The van der Waals surface area contributed by atoms with Gasteiger partial charge in [0.2, 0.25) is 0 Å². The van der Waals surface area contributed by atoms with Crippen LogP contribution in [0.4, 0.5) is 0 Å². The van der Waals surface area contributed by atoms with Crippen molar-refractivity contribution in [1.29, 1.82) is 0 Å². The Hall–Kier alpha value is -0.920. The molecule has 0 amide bonds. The number of carbonyl (C=O) groups excluding carboxylic acids is 1. The Morgan fingerprint density at radius 1 is 1.05 bits per heavy atom. The monoisotopic (exact) mass is 482 g/mol. The maximum Gasteiger partial charge on any atom is 0.338 e. The van der Waals surface area contributed by atoms with Crippen molar-refractivity contribution >= 4 is 59.7 Å². The van der Waals surface area contributed by atoms with Crippen LogP contribution >= 0.6 is 47.8 Å². The molecule has 0 aliphatic heterocycles. The van der Waals surface area contributed by atoms with Crippen LogP contribution in [0.2, 0.25) is 0 Å². The molecule has 21 heavy (non-hydrogen) atoms. The summed E-state index contributed by atoms with van der Waals surface area (Å²) in [6, 6.07) is 3.48. The second-order valence-electron chi connectivity index (χ2n) is 3.93. The topological polar surface area (TPSA) is 63.6 Å². The van der Waals surface area contributed by atoms with Crippen LogP contribution in [0.15, 0.2) is 49.9 Å². The molecule has 0 radical (unpaired) electrons. The maximum atomic E-state index is 11.3. The number of carboxylic acid groups (broad SMARTS) is 1. The van der Waals surface area contributed by atoms with Crippen molar-refractivity contribution in [2.75, 3.05) is 0 Å². The van der Waals surface area contributed by atoms with Crippen LogP contribution in [-0.4, -0.2) is 17.0 Å². The summed E-state index contributed by atoms with van der Waals surface area (Å²) in [5.74, 6) is -0.919. The van der Waals surface area contributed by atoms with Gasteiger partial charge in [-0.2, -0.15) is 0 Å². The van der Waals surface area contributed by atoms with Crippen LogP contribution in [0, 0.1) is 0 Å². The molecule has 0 unspecified atom stereocenters. The van der Waals surface area contributed by atoms with E-state index in [1.54, 1.807) is 19.1 Å². The molecule has 1 aromatic carbocycles. The highest BCUT2D eigenvalue weighted by Crippen LogP contribution is 2.37. The van der Waals surface area contributed by atoms with E-state index >= 15 is 0 Å². The third-order valence-electron chi connectivity index (χ3n) is 1.92. The zero-order valence-corrected chi connectivity index (χ0v) is 16.1. The molecule has 1 rings (SSSR count). The fraction of sp³-hybridized carbons (Fsp3) is 0.143. The Bertz CT molecular complexity index is 582. The van der Waals surface area contributed by atoms with Gasteiger partial charge in [0.1, 0.15) is 5.75 Å². The van der Waals surface area contributed by atoms with Crippen molar-refractivity contribution in [2.24, 2.45) is 0 Å². The molecule has 0 bridgehead atoms. The Morgan fingerprint density at radius 2 is 1.52 bits per heavy atom. The van der Waals surface area contributed by atoms with Gasteiger partial charge in [-0.05, 0) is 73.8 Å². The van der Waals surface area contributed by atoms with Gasteiger partial charge >= 0.3 is 11.9 Å². The predicted molar refractivity (Wildman–Crippen MR) is 92.4 cm³/mol. The first-order valence-electron chi connectivity index (χ1n) is 5.47. The van der Waals surface area contributed by atoms with Gasteiger partial charge in [0.15, 0.2) is 0 Å². The van der Waals surface area contributed by atoms with Crippen molar-refractivity contribution in [2.45, 2.75) is 13.8 Å². The van der Waals surface area contributed by atoms with Crippen molar-refractivity contribution in [3.05, 3.63) is 49.9 Å². The van der Waals surface area contributed by atoms with Crippen molar-refractivity contribution in [3.8, 4) is 5.75 Å². The van der Waals surface area contributed by atoms with Crippen LogP contribution in [0.3, 0.4) is 0 Å². The lowest BCUT2D eigenvalue weighted by atomic mass is 10.3. The number of hydrogen-bond acceptors (Lipinski definition) is 3. The summed E-state index contributed by atoms with van der Waals surface area (Å²) in [6.45, 7) is 9.71. The predicted octanol–water partition coefficient (Wildman–Crippen LogP) is 5.10. The largest absolute Gasteiger partial charge is 0.478 e. The van der Waals surface area contributed by atoms with E-state index in [2.05, 4.69) is 60.9 Å². The average molecular weight is 485 g/mol. The van der Waals surface area contributed by atoms with Crippen molar-refractivity contribution in [3.63, 3.8) is 0 Å². The van der Waals surface area contributed by atoms with E-state index in [1.807, 2.05) is 0 Å². The first kappa shape index (κ1) is 20.1. The molecule has 0 atom stereocenters. The summed E-state index contributed by atoms with van der Waals surface area (Å²) >= 11 is 10.0. The van der Waals surface area contributed by atoms with Crippen LogP contribution in [-0.2, 0) is 9.59 Å². The standard InChI is InChI=1S/C10H7Br3O2.C4H6O2/c1-5(2)10(14)15-7-4-3-6(11)8(12)9(7)13;1-3(2)4(5)6/h3-4H,1H2,2H3;1H2,2H3,(H,5,6). The fourth-order valence-electron chi connectivity index (χ4n) is 0.774. The highest BCUT2D eigenvalue weighted by molar-refractivity contribution is 9.14. The van der Waals surface area contributed by atoms with E-state index in [9.17, 15) is 9.59 Å². The Labute approximate surface area is 148 Å². The maximum absolute atomic E-state index is 11.3. The number of carboxylic acids is 1. The van der Waals surface area contributed by atoms with Gasteiger partial charge in [-0.3, -0.25) is 0 Å². The van der Waals surface area contributed by atoms with Gasteiger partial charge in [0.05, 0.1) is 4.47 Å². The smallest absolute Gasteiger partial charge is 0.338 e. The number of esters is 1. The van der Waals surface area contributed by atoms with E-state index in [1.165, 1.54) is 6.92 Å². The molecule has 0 fully saturated rings. The average Bonchev–Trinajstić information content (AvgIpc) is 2.39. The molecule has 7 heteroatoms. The molecule has 0 saturated carbocycles. The van der Waals surface area contributed by atoms with E-state index < -0.39 is 11.9 Å². The third kappa shape index (κ3) is 7.06. The number of hydrogen-bond donors (Lipinski definition) is 1. The summed E-state index contributed by atoms with van der Waals surface area (Å²) in [4.78, 5) is 20.9. The number of rotatable bonds is 3. The molecule has 0 aromatic heterocycles.